The van der Waals surface area contributed by atoms with Crippen LogP contribution in [0.2, 0.25) is 0 Å². The number of oxime groups is 1. The van der Waals surface area contributed by atoms with Crippen molar-refractivity contribution in [1.82, 2.24) is 15.4 Å². The first-order valence-corrected chi connectivity index (χ1v) is 13.2. The number of carboxylic acid groups (broad SMARTS) is 1. The Morgan fingerprint density at radius 3 is 2.52 bits per heavy atom. The fourth-order valence-electron chi connectivity index (χ4n) is 3.80. The van der Waals surface area contributed by atoms with E-state index in [0.717, 1.165) is 11.3 Å². The van der Waals surface area contributed by atoms with Crippen LogP contribution in [-0.4, -0.2) is 74.4 Å². The quantitative estimate of drug-likeness (QED) is 0.0777. The van der Waals surface area contributed by atoms with Crippen LogP contribution in [0.3, 0.4) is 0 Å². The number of non-ortho nitro benzene ring substituents is 1. The Morgan fingerprint density at radius 1 is 1.30 bits per heavy atom. The molecule has 1 aromatic heterocycles. The molecular formula is C24H23N6NaO12S. The molecule has 0 radical (unpaired) electrons. The van der Waals surface area contributed by atoms with Crippen molar-refractivity contribution in [2.45, 2.75) is 50.7 Å². The number of nitrogens with two attached hydrogens (primary N) is 1. The van der Waals surface area contributed by atoms with Gasteiger partial charge in [-0.3, -0.25) is 29.3 Å². The molecule has 2 aliphatic heterocycles. The van der Waals surface area contributed by atoms with Gasteiger partial charge in [0.1, 0.15) is 30.9 Å². The first-order chi connectivity index (χ1) is 20.2. The zero-order chi connectivity index (χ0) is 31.5. The zero-order valence-corrected chi connectivity index (χ0v) is 26.3. The van der Waals surface area contributed by atoms with Crippen LogP contribution in [0.25, 0.3) is 0 Å². The molecule has 18 nitrogen and oxygen atoms in total. The summed E-state index contributed by atoms with van der Waals surface area (Å²) in [6.07, 6.45) is -0.724. The molecule has 0 spiro atoms. The molecule has 2 saturated heterocycles. The predicted octanol–water partition coefficient (Wildman–Crippen LogP) is -4.08. The van der Waals surface area contributed by atoms with E-state index >= 15 is 0 Å². The number of benzene rings is 1. The third-order valence-corrected chi connectivity index (χ3v) is 6.80. The van der Waals surface area contributed by atoms with E-state index in [1.165, 1.54) is 43.5 Å². The number of carbonyl (C=O) groups excluding carboxylic acids is 5. The van der Waals surface area contributed by atoms with Crippen molar-refractivity contribution in [3.05, 3.63) is 51.0 Å². The summed E-state index contributed by atoms with van der Waals surface area (Å²) in [5.74, 6) is -5.74. The number of hydroxylamine groups is 2. The van der Waals surface area contributed by atoms with Crippen molar-refractivity contribution in [2.75, 3.05) is 12.3 Å². The molecule has 0 aliphatic carbocycles. The van der Waals surface area contributed by atoms with Crippen LogP contribution in [-0.2, 0) is 49.7 Å². The van der Waals surface area contributed by atoms with Gasteiger partial charge in [-0.1, -0.05) is 5.16 Å². The number of nitrogens with one attached hydrogen (secondary N) is 1. The summed E-state index contributed by atoms with van der Waals surface area (Å²) in [7, 11) is 0. The maximum atomic E-state index is 13.2. The fourth-order valence-corrected chi connectivity index (χ4v) is 4.35. The zero-order valence-electron chi connectivity index (χ0n) is 23.5. The maximum Gasteiger partial charge on any atom is 1.00 e. The Labute approximate surface area is 273 Å². The Kier molecular flexibility index (Phi) is 10.6. The maximum absolute atomic E-state index is 13.2. The topological polar surface area (TPSA) is 255 Å². The predicted molar refractivity (Wildman–Crippen MR) is 139 cm³/mol. The average molecular weight is 643 g/mol. The van der Waals surface area contributed by atoms with E-state index in [9.17, 15) is 39.2 Å². The van der Waals surface area contributed by atoms with E-state index < -0.39 is 70.8 Å². The minimum absolute atomic E-state index is 0. The first-order valence-electron chi connectivity index (χ1n) is 12.3. The van der Waals surface area contributed by atoms with E-state index in [0.29, 0.717) is 10.6 Å². The van der Waals surface area contributed by atoms with Crippen LogP contribution in [0.5, 0.6) is 0 Å². The van der Waals surface area contributed by atoms with Gasteiger partial charge in [-0.2, -0.15) is 5.06 Å². The number of aromatic nitrogens is 1. The molecule has 3 N–H and O–H groups in total. The number of hydrogen-bond acceptors (Lipinski definition) is 16. The number of nitro groups is 1. The Morgan fingerprint density at radius 2 is 1.98 bits per heavy atom. The van der Waals surface area contributed by atoms with Gasteiger partial charge in [-0.05, 0) is 31.5 Å². The van der Waals surface area contributed by atoms with Crippen molar-refractivity contribution in [3.8, 4) is 0 Å². The van der Waals surface area contributed by atoms with E-state index in [-0.39, 0.29) is 59.1 Å². The van der Waals surface area contributed by atoms with Gasteiger partial charge < -0.3 is 35.3 Å². The van der Waals surface area contributed by atoms with E-state index in [1.54, 1.807) is 0 Å². The van der Waals surface area contributed by atoms with Gasteiger partial charge in [0, 0.05) is 23.9 Å². The molecule has 2 fully saturated rings. The second-order valence-electron chi connectivity index (χ2n) is 9.61. The van der Waals surface area contributed by atoms with Crippen LogP contribution in [0.4, 0.5) is 10.8 Å². The number of ether oxygens (including phenoxy) is 2. The number of esters is 2. The minimum atomic E-state index is -2.49. The number of carbonyl (C=O) groups is 5. The van der Waals surface area contributed by atoms with Crippen LogP contribution >= 0.6 is 11.3 Å². The number of nitro benzene ring substituents is 1. The van der Waals surface area contributed by atoms with Crippen LogP contribution in [0.1, 0.15) is 37.9 Å². The number of thiazole rings is 1. The molecule has 2 aliphatic rings. The van der Waals surface area contributed by atoms with Gasteiger partial charge in [0.15, 0.2) is 10.8 Å². The summed E-state index contributed by atoms with van der Waals surface area (Å²) in [4.78, 5) is 87.0. The molecule has 1 aromatic carbocycles. The molecule has 2 aromatic rings. The Bertz CT molecular complexity index is 1510. The van der Waals surface area contributed by atoms with Gasteiger partial charge >= 0.3 is 41.5 Å². The molecular weight excluding hydrogens is 619 g/mol. The summed E-state index contributed by atoms with van der Waals surface area (Å²) >= 11 is 0.958. The van der Waals surface area contributed by atoms with Gasteiger partial charge in [0.2, 0.25) is 5.60 Å². The van der Waals surface area contributed by atoms with Crippen LogP contribution in [0, 0.1) is 10.1 Å². The van der Waals surface area contributed by atoms with Crippen molar-refractivity contribution >= 4 is 57.6 Å². The summed E-state index contributed by atoms with van der Waals surface area (Å²) < 4.78 is 10.0. The Hall–Kier alpha value is -4.17. The summed E-state index contributed by atoms with van der Waals surface area (Å²) in [5, 5.41) is 30.4. The molecule has 4 rings (SSSR count). The monoisotopic (exact) mass is 642 g/mol. The van der Waals surface area contributed by atoms with Crippen molar-refractivity contribution < 1.29 is 82.7 Å². The SMILES string of the molecule is CC(C)(ON=C(C(=O)N[C@H]1CON(C2(C(=O)[O-])CCC(=O)O2)C1=O)c1csc(N)n1)C(=O)OCc1ccc([N+](=O)[O-])cc1.[Na+]. The molecule has 44 heavy (non-hydrogen) atoms. The molecule has 2 atom stereocenters. The molecule has 228 valence electrons. The van der Waals surface area contributed by atoms with Crippen LogP contribution < -0.4 is 45.7 Å². The van der Waals surface area contributed by atoms with Gasteiger partial charge in [-0.25, -0.2) is 9.78 Å². The third kappa shape index (κ3) is 7.30. The molecule has 0 saturated carbocycles. The number of nitrogen functional groups attached to an aromatic ring is 1. The number of anilines is 1. The van der Waals surface area contributed by atoms with Crippen molar-refractivity contribution in [1.29, 1.82) is 0 Å². The largest absolute Gasteiger partial charge is 1.00 e. The number of nitrogens with zero attached hydrogens (tertiary/aromatic N) is 4. The summed E-state index contributed by atoms with van der Waals surface area (Å²) in [6, 6.07) is 3.87. The summed E-state index contributed by atoms with van der Waals surface area (Å²) in [6.45, 7) is 1.83. The smallest absolute Gasteiger partial charge is 0.544 e. The number of amides is 2. The fraction of sp³-hybridized carbons (Fsp3) is 0.375. The average Bonchev–Trinajstić information content (AvgIpc) is 3.66. The standard InChI is InChI=1S/C24H24N6O12S.Na/c1-23(2,21(36)39-9-12-3-5-13(6-4-12)30(37)38)42-28-17(15-11-43-22(25)27-15)18(32)26-14-10-40-29(19(14)33)24(20(34)35)8-7-16(31)41-24;/h3-6,11,14H,7-10H2,1-2H3,(H2,25,27)(H,26,32)(H,34,35);/q;+1/p-1/t14-,24?;/m0./s1. The van der Waals surface area contributed by atoms with Crippen molar-refractivity contribution in [3.63, 3.8) is 0 Å². The second kappa shape index (κ2) is 13.6. The summed E-state index contributed by atoms with van der Waals surface area (Å²) in [5.41, 5.74) is 1.17. The van der Waals surface area contributed by atoms with E-state index in [4.69, 9.17) is 24.9 Å². The second-order valence-corrected chi connectivity index (χ2v) is 10.5. The number of rotatable bonds is 11. The first kappa shape index (κ1) is 34.3. The normalized spacial score (nSPS) is 20.0. The van der Waals surface area contributed by atoms with Gasteiger partial charge in [0.05, 0.1) is 11.3 Å². The number of hydrogen-bond donors (Lipinski definition) is 2. The van der Waals surface area contributed by atoms with Gasteiger partial charge in [0.25, 0.3) is 23.2 Å². The van der Waals surface area contributed by atoms with Gasteiger partial charge in [-0.15, -0.1) is 11.3 Å². The third-order valence-electron chi connectivity index (χ3n) is 6.13. The molecule has 0 bridgehead atoms. The molecule has 20 heteroatoms. The van der Waals surface area contributed by atoms with Crippen LogP contribution in [0.15, 0.2) is 34.8 Å². The number of carboxylic acids is 1. The van der Waals surface area contributed by atoms with E-state index in [2.05, 4.69) is 15.5 Å². The van der Waals surface area contributed by atoms with Crippen molar-refractivity contribution in [2.24, 2.45) is 5.16 Å². The molecule has 3 heterocycles. The molecule has 1 unspecified atom stereocenters. The minimum Gasteiger partial charge on any atom is -0.544 e. The number of aliphatic carboxylic acids is 1. The molecule has 2 amide bonds. The Balaban J connectivity index is 0.00000529. The number of cyclic esters (lactones) is 1. The van der Waals surface area contributed by atoms with E-state index in [1.807, 2.05) is 0 Å².